The molecule has 21 heavy (non-hydrogen) atoms. The molecular weight excluding hydrogens is 336 g/mol. The molecule has 0 aromatic heterocycles. The number of rotatable bonds is 6. The van der Waals surface area contributed by atoms with Gasteiger partial charge in [-0.15, -0.1) is 0 Å². The molecule has 0 bridgehead atoms. The lowest BCUT2D eigenvalue weighted by Crippen LogP contribution is -2.34. The van der Waals surface area contributed by atoms with E-state index in [2.05, 4.69) is 21.2 Å². The third-order valence-electron chi connectivity index (χ3n) is 3.68. The van der Waals surface area contributed by atoms with Crippen molar-refractivity contribution in [2.75, 3.05) is 5.32 Å². The Morgan fingerprint density at radius 2 is 2.00 bits per heavy atom. The Hall–Kier alpha value is -1.87. The monoisotopic (exact) mass is 352 g/mol. The Bertz CT molecular complexity index is 589. The van der Waals surface area contributed by atoms with Crippen LogP contribution in [0, 0.1) is 16.7 Å². The van der Waals surface area contributed by atoms with Gasteiger partial charge in [0.25, 0.3) is 0 Å². The van der Waals surface area contributed by atoms with E-state index < -0.39 is 11.4 Å². The van der Waals surface area contributed by atoms with E-state index in [1.807, 2.05) is 6.07 Å². The average Bonchev–Trinajstić information content (AvgIpc) is 2.46. The van der Waals surface area contributed by atoms with E-state index in [-0.39, 0.29) is 12.3 Å². The lowest BCUT2D eigenvalue weighted by Gasteiger charge is -2.25. The second kappa shape index (κ2) is 7.23. The van der Waals surface area contributed by atoms with Crippen LogP contribution < -0.4 is 5.32 Å². The molecule has 0 spiro atoms. The molecule has 1 aromatic carbocycles. The van der Waals surface area contributed by atoms with Crippen LogP contribution in [0.25, 0.3) is 0 Å². The number of benzene rings is 1. The van der Waals surface area contributed by atoms with E-state index in [9.17, 15) is 14.7 Å². The van der Waals surface area contributed by atoms with Crippen LogP contribution in [0.15, 0.2) is 22.7 Å². The van der Waals surface area contributed by atoms with Gasteiger partial charge in [0.05, 0.1) is 22.7 Å². The molecule has 0 unspecified atom stereocenters. The van der Waals surface area contributed by atoms with E-state index in [0.29, 0.717) is 28.6 Å². The molecule has 0 aliphatic heterocycles. The normalized spacial score (nSPS) is 10.8. The molecule has 1 amide bonds. The number of amides is 1. The van der Waals surface area contributed by atoms with E-state index in [4.69, 9.17) is 5.26 Å². The van der Waals surface area contributed by atoms with Crippen molar-refractivity contribution in [2.24, 2.45) is 5.41 Å². The first-order valence-electron chi connectivity index (χ1n) is 6.61. The first kappa shape index (κ1) is 17.2. The maximum atomic E-state index is 12.1. The van der Waals surface area contributed by atoms with Gasteiger partial charge < -0.3 is 10.4 Å². The molecule has 0 atom stereocenters. The van der Waals surface area contributed by atoms with E-state index in [1.54, 1.807) is 32.0 Å². The largest absolute Gasteiger partial charge is 0.481 e. The van der Waals surface area contributed by atoms with Gasteiger partial charge in [-0.05, 0) is 47.0 Å². The Morgan fingerprint density at radius 3 is 2.43 bits per heavy atom. The van der Waals surface area contributed by atoms with Crippen molar-refractivity contribution in [1.82, 2.24) is 0 Å². The fraction of sp³-hybridized carbons (Fsp3) is 0.400. The lowest BCUT2D eigenvalue weighted by molar-refractivity contribution is -0.151. The fourth-order valence-electron chi connectivity index (χ4n) is 2.07. The van der Waals surface area contributed by atoms with Crippen LogP contribution in [0.4, 0.5) is 5.69 Å². The number of carboxylic acids is 1. The summed E-state index contributed by atoms with van der Waals surface area (Å²) in [6, 6.07) is 6.80. The summed E-state index contributed by atoms with van der Waals surface area (Å²) < 4.78 is 0.587. The molecule has 0 aliphatic rings. The third-order valence-corrected chi connectivity index (χ3v) is 4.33. The van der Waals surface area contributed by atoms with Gasteiger partial charge in [0.2, 0.25) is 5.91 Å². The summed E-state index contributed by atoms with van der Waals surface area (Å²) in [5.74, 6) is -1.31. The highest BCUT2D eigenvalue weighted by Gasteiger charge is 2.37. The van der Waals surface area contributed by atoms with Crippen LogP contribution in [0.5, 0.6) is 0 Å². The molecule has 1 rings (SSSR count). The molecule has 0 saturated carbocycles. The quantitative estimate of drug-likeness (QED) is 0.818. The highest BCUT2D eigenvalue weighted by atomic mass is 79.9. The van der Waals surface area contributed by atoms with Crippen molar-refractivity contribution in [3.8, 4) is 6.07 Å². The van der Waals surface area contributed by atoms with Gasteiger partial charge in [-0.2, -0.15) is 5.26 Å². The summed E-state index contributed by atoms with van der Waals surface area (Å²) >= 11 is 3.28. The molecule has 6 heteroatoms. The van der Waals surface area contributed by atoms with Crippen molar-refractivity contribution in [3.05, 3.63) is 28.2 Å². The van der Waals surface area contributed by atoms with Gasteiger partial charge in [0, 0.05) is 10.9 Å². The number of hydrogen-bond donors (Lipinski definition) is 2. The summed E-state index contributed by atoms with van der Waals surface area (Å²) in [7, 11) is 0. The molecule has 112 valence electrons. The topological polar surface area (TPSA) is 90.2 Å². The number of carbonyl (C=O) groups is 2. The van der Waals surface area contributed by atoms with Crippen LogP contribution in [0.3, 0.4) is 0 Å². The van der Waals surface area contributed by atoms with Gasteiger partial charge in [-0.1, -0.05) is 13.8 Å². The van der Waals surface area contributed by atoms with Gasteiger partial charge in [0.15, 0.2) is 0 Å². The summed E-state index contributed by atoms with van der Waals surface area (Å²) in [4.78, 5) is 23.5. The molecule has 5 nitrogen and oxygen atoms in total. The lowest BCUT2D eigenvalue weighted by atomic mass is 9.79. The maximum Gasteiger partial charge on any atom is 0.310 e. The third kappa shape index (κ3) is 4.05. The molecular formula is C15H17BrN2O3. The number of anilines is 1. The van der Waals surface area contributed by atoms with E-state index in [1.165, 1.54) is 0 Å². The zero-order chi connectivity index (χ0) is 16.0. The van der Waals surface area contributed by atoms with Gasteiger partial charge >= 0.3 is 5.97 Å². The number of carboxylic acid groups (broad SMARTS) is 1. The molecule has 0 fully saturated rings. The van der Waals surface area contributed by atoms with Gasteiger partial charge in [-0.3, -0.25) is 9.59 Å². The van der Waals surface area contributed by atoms with Gasteiger partial charge in [-0.25, -0.2) is 0 Å². The Morgan fingerprint density at radius 1 is 1.38 bits per heavy atom. The number of nitrogens with one attached hydrogen (secondary N) is 1. The van der Waals surface area contributed by atoms with Crippen molar-refractivity contribution in [2.45, 2.75) is 33.1 Å². The minimum Gasteiger partial charge on any atom is -0.481 e. The predicted molar refractivity (Wildman–Crippen MR) is 82.8 cm³/mol. The number of halogens is 1. The number of nitrogens with zero attached hydrogens (tertiary/aromatic N) is 1. The van der Waals surface area contributed by atoms with Gasteiger partial charge in [0.1, 0.15) is 0 Å². The molecule has 0 radical (unpaired) electrons. The second-order valence-corrected chi connectivity index (χ2v) is 5.68. The standard InChI is InChI=1S/C15H17BrN2O3/c1-3-15(4-2,14(20)21)8-13(19)18-12-6-5-10(9-17)7-11(12)16/h5-7H,3-4,8H2,1-2H3,(H,18,19)(H,20,21). The predicted octanol–water partition coefficient (Wildman–Crippen LogP) is 3.54. The summed E-state index contributed by atoms with van der Waals surface area (Å²) in [5.41, 5.74) is -0.0456. The first-order valence-corrected chi connectivity index (χ1v) is 7.40. The maximum absolute atomic E-state index is 12.1. The zero-order valence-electron chi connectivity index (χ0n) is 11.9. The van der Waals surface area contributed by atoms with E-state index >= 15 is 0 Å². The number of carbonyl (C=O) groups excluding carboxylic acids is 1. The minimum atomic E-state index is -1.04. The Kier molecular flexibility index (Phi) is 5.91. The second-order valence-electron chi connectivity index (χ2n) is 4.82. The average molecular weight is 353 g/mol. The van der Waals surface area contributed by atoms with Crippen LogP contribution in [0.2, 0.25) is 0 Å². The van der Waals surface area contributed by atoms with Crippen molar-refractivity contribution < 1.29 is 14.7 Å². The van der Waals surface area contributed by atoms with Crippen LogP contribution in [0.1, 0.15) is 38.7 Å². The van der Waals surface area contributed by atoms with Crippen molar-refractivity contribution >= 4 is 33.5 Å². The molecule has 1 aromatic rings. The van der Waals surface area contributed by atoms with E-state index in [0.717, 1.165) is 0 Å². The highest BCUT2D eigenvalue weighted by molar-refractivity contribution is 9.10. The summed E-state index contributed by atoms with van der Waals surface area (Å²) in [6.07, 6.45) is 0.698. The van der Waals surface area contributed by atoms with Crippen LogP contribution >= 0.6 is 15.9 Å². The van der Waals surface area contributed by atoms with Crippen molar-refractivity contribution in [3.63, 3.8) is 0 Å². The summed E-state index contributed by atoms with van der Waals surface area (Å²) in [5, 5.41) is 20.8. The molecule has 0 heterocycles. The van der Waals surface area contributed by atoms with Crippen LogP contribution in [-0.4, -0.2) is 17.0 Å². The molecule has 0 aliphatic carbocycles. The SMILES string of the molecule is CCC(CC)(CC(=O)Nc1ccc(C#N)cc1Br)C(=O)O. The summed E-state index contributed by atoms with van der Waals surface area (Å²) in [6.45, 7) is 3.53. The number of aliphatic carboxylic acids is 1. The fourth-order valence-corrected chi connectivity index (χ4v) is 2.54. The molecule has 0 saturated heterocycles. The number of hydrogen-bond acceptors (Lipinski definition) is 3. The molecule has 2 N–H and O–H groups in total. The minimum absolute atomic E-state index is 0.0816. The first-order chi connectivity index (χ1) is 9.88. The Balaban J connectivity index is 2.87. The zero-order valence-corrected chi connectivity index (χ0v) is 13.5. The number of nitriles is 1. The van der Waals surface area contributed by atoms with Crippen LogP contribution in [-0.2, 0) is 9.59 Å². The Labute approximate surface area is 132 Å². The van der Waals surface area contributed by atoms with Crippen molar-refractivity contribution in [1.29, 1.82) is 5.26 Å². The highest BCUT2D eigenvalue weighted by Crippen LogP contribution is 2.32. The smallest absolute Gasteiger partial charge is 0.310 e.